The van der Waals surface area contributed by atoms with Crippen molar-refractivity contribution < 1.29 is 0 Å². The highest BCUT2D eigenvalue weighted by molar-refractivity contribution is 5.96. The Balaban J connectivity index is 1.44. The van der Waals surface area contributed by atoms with Gasteiger partial charge in [0, 0.05) is 57.4 Å². The molecule has 0 spiro atoms. The number of aryl methyl sites for hydroxylation is 2. The van der Waals surface area contributed by atoms with Gasteiger partial charge in [0.1, 0.15) is 0 Å². The van der Waals surface area contributed by atoms with E-state index in [0.717, 1.165) is 108 Å². The summed E-state index contributed by atoms with van der Waals surface area (Å²) in [5.41, 5.74) is 24.0. The number of benzene rings is 4. The third-order valence-corrected chi connectivity index (χ3v) is 9.69. The van der Waals surface area contributed by atoms with Gasteiger partial charge in [-0.1, -0.05) is 103 Å². The Morgan fingerprint density at radius 3 is 1.25 bits per heavy atom. The molecule has 3 aliphatic rings. The van der Waals surface area contributed by atoms with Gasteiger partial charge >= 0.3 is 0 Å². The fourth-order valence-electron chi connectivity index (χ4n) is 7.42. The first-order chi connectivity index (χ1) is 25.2. The summed E-state index contributed by atoms with van der Waals surface area (Å²) in [6, 6.07) is 44.6. The summed E-state index contributed by atoms with van der Waals surface area (Å²) >= 11 is 0. The largest absolute Gasteiger partial charge is 0.361 e. The van der Waals surface area contributed by atoms with Crippen molar-refractivity contribution in [2.45, 2.75) is 12.8 Å². The summed E-state index contributed by atoms with van der Waals surface area (Å²) in [5, 5.41) is 0. The van der Waals surface area contributed by atoms with Gasteiger partial charge in [0.2, 0.25) is 0 Å². The normalized spacial score (nSPS) is 12.6. The van der Waals surface area contributed by atoms with Crippen molar-refractivity contribution in [1.82, 2.24) is 25.4 Å². The fraction of sp³-hybridized carbons (Fsp3) is 0.0667. The zero-order valence-corrected chi connectivity index (χ0v) is 28.2. The van der Waals surface area contributed by atoms with E-state index in [2.05, 4.69) is 173 Å². The lowest BCUT2D eigenvalue weighted by Crippen LogP contribution is -2.14. The maximum Gasteiger partial charge on any atom is 0.0737 e. The minimum absolute atomic E-state index is 0.851. The molecule has 9 rings (SSSR count). The van der Waals surface area contributed by atoms with Gasteiger partial charge in [-0.3, -0.25) is 0 Å². The molecule has 0 saturated carbocycles. The van der Waals surface area contributed by atoms with Gasteiger partial charge in [-0.05, 0) is 83.7 Å². The van der Waals surface area contributed by atoms with Crippen LogP contribution in [-0.4, -0.2) is 27.0 Å². The second-order valence-corrected chi connectivity index (χ2v) is 12.8. The van der Waals surface area contributed by atoms with E-state index in [1.807, 2.05) is 7.05 Å². The van der Waals surface area contributed by atoms with Crippen LogP contribution >= 0.6 is 0 Å². The molecule has 51 heavy (non-hydrogen) atoms. The summed E-state index contributed by atoms with van der Waals surface area (Å²) < 4.78 is 0. The van der Waals surface area contributed by atoms with Crippen LogP contribution in [0.1, 0.15) is 34.2 Å². The number of H-pyrrole nitrogens is 2. The molecular weight excluding hydrogens is 625 g/mol. The van der Waals surface area contributed by atoms with Crippen LogP contribution in [-0.2, 0) is 12.8 Å². The van der Waals surface area contributed by atoms with E-state index in [4.69, 9.17) is 9.97 Å². The Labute approximate surface area is 297 Å². The monoisotopic (exact) mass is 660 g/mol. The maximum absolute atomic E-state index is 5.41. The number of fused-ring (bicyclic) bond motifs is 8. The highest BCUT2D eigenvalue weighted by Crippen LogP contribution is 2.39. The third kappa shape index (κ3) is 5.71. The molecule has 0 fully saturated rings. The zero-order chi connectivity index (χ0) is 34.1. The summed E-state index contributed by atoms with van der Waals surface area (Å²) in [6.45, 7) is 0. The van der Waals surface area contributed by atoms with Gasteiger partial charge in [0.25, 0.3) is 0 Å². The van der Waals surface area contributed by atoms with Crippen molar-refractivity contribution in [3.05, 3.63) is 162 Å². The SMILES string of the molecule is CNNc1ccc(-c2c3nc(c(-c4ccccc4)c4ccc([nH]4)c(-c4ccccc4)c4nc(c(-c5ccccc5)c5[nH]c2CC5)C=C4)C=C3)cc1. The molecule has 2 aromatic heterocycles. The number of aromatic amines is 2. The van der Waals surface area contributed by atoms with E-state index >= 15 is 0 Å². The van der Waals surface area contributed by atoms with E-state index < -0.39 is 0 Å². The van der Waals surface area contributed by atoms with E-state index in [1.165, 1.54) is 0 Å². The highest BCUT2D eigenvalue weighted by Gasteiger charge is 2.22. The van der Waals surface area contributed by atoms with Crippen molar-refractivity contribution in [1.29, 1.82) is 0 Å². The van der Waals surface area contributed by atoms with Crippen molar-refractivity contribution in [3.8, 4) is 44.5 Å². The average molecular weight is 661 g/mol. The second kappa shape index (κ2) is 13.1. The molecule has 0 amide bonds. The van der Waals surface area contributed by atoms with E-state index in [-0.39, 0.29) is 0 Å². The molecule has 0 atom stereocenters. The number of hydrazine groups is 1. The lowest BCUT2D eigenvalue weighted by Gasteiger charge is -2.09. The van der Waals surface area contributed by atoms with Crippen LogP contribution in [0.3, 0.4) is 0 Å². The van der Waals surface area contributed by atoms with Gasteiger partial charge in [0.05, 0.1) is 22.8 Å². The predicted molar refractivity (Wildman–Crippen MR) is 212 cm³/mol. The number of anilines is 1. The fourth-order valence-corrected chi connectivity index (χ4v) is 7.42. The molecule has 8 bridgehead atoms. The van der Waals surface area contributed by atoms with E-state index in [1.54, 1.807) is 0 Å². The van der Waals surface area contributed by atoms with Crippen LogP contribution in [0.2, 0.25) is 0 Å². The van der Waals surface area contributed by atoms with Gasteiger partial charge in [-0.25, -0.2) is 15.4 Å². The molecule has 4 aromatic carbocycles. The Kier molecular flexibility index (Phi) is 7.84. The molecule has 5 heterocycles. The number of aromatic nitrogens is 4. The lowest BCUT2D eigenvalue weighted by molar-refractivity contribution is 0.984. The van der Waals surface area contributed by atoms with Gasteiger partial charge < -0.3 is 15.4 Å². The predicted octanol–water partition coefficient (Wildman–Crippen LogP) is 10.4. The average Bonchev–Trinajstić information content (AvgIpc) is 4.02. The number of hydrogen-bond donors (Lipinski definition) is 4. The van der Waals surface area contributed by atoms with Crippen molar-refractivity contribution in [2.24, 2.45) is 0 Å². The quantitative estimate of drug-likeness (QED) is 0.134. The molecule has 6 aromatic rings. The first-order valence-electron chi connectivity index (χ1n) is 17.4. The molecule has 0 radical (unpaired) electrons. The number of hydrogen-bond acceptors (Lipinski definition) is 4. The maximum atomic E-state index is 5.41. The molecule has 0 aliphatic carbocycles. The van der Waals surface area contributed by atoms with Gasteiger partial charge in [-0.2, -0.15) is 0 Å². The van der Waals surface area contributed by atoms with E-state index in [9.17, 15) is 0 Å². The Morgan fingerprint density at radius 1 is 0.431 bits per heavy atom. The Hall–Kier alpha value is -6.50. The third-order valence-electron chi connectivity index (χ3n) is 9.69. The Morgan fingerprint density at radius 2 is 0.824 bits per heavy atom. The first-order valence-corrected chi connectivity index (χ1v) is 17.4. The summed E-state index contributed by atoms with van der Waals surface area (Å²) in [6.07, 6.45) is 10.3. The molecule has 3 aliphatic heterocycles. The van der Waals surface area contributed by atoms with Crippen LogP contribution in [0, 0.1) is 0 Å². The smallest absolute Gasteiger partial charge is 0.0737 e. The molecule has 4 N–H and O–H groups in total. The molecular formula is C45H36N6. The van der Waals surface area contributed by atoms with E-state index in [0.29, 0.717) is 0 Å². The van der Waals surface area contributed by atoms with Crippen LogP contribution in [0.4, 0.5) is 5.69 Å². The van der Waals surface area contributed by atoms with Crippen molar-refractivity contribution in [2.75, 3.05) is 12.5 Å². The summed E-state index contributed by atoms with van der Waals surface area (Å²) in [4.78, 5) is 18.6. The Bertz CT molecular complexity index is 2510. The number of rotatable bonds is 6. The first kappa shape index (κ1) is 30.6. The number of nitrogens with one attached hydrogen (secondary N) is 4. The topological polar surface area (TPSA) is 81.4 Å². The molecule has 0 unspecified atom stereocenters. The lowest BCUT2D eigenvalue weighted by atomic mass is 9.99. The second-order valence-electron chi connectivity index (χ2n) is 12.8. The summed E-state index contributed by atoms with van der Waals surface area (Å²) in [7, 11) is 1.87. The van der Waals surface area contributed by atoms with Crippen LogP contribution in [0.5, 0.6) is 0 Å². The van der Waals surface area contributed by atoms with Crippen LogP contribution in [0.25, 0.3) is 79.8 Å². The molecule has 246 valence electrons. The number of nitrogens with zero attached hydrogens (tertiary/aromatic N) is 2. The molecule has 6 nitrogen and oxygen atoms in total. The van der Waals surface area contributed by atoms with Crippen molar-refractivity contribution >= 4 is 41.0 Å². The standard InChI is InChI=1S/C45H36N6/c1-46-51-33-19-17-32(18-20-33)45-40-27-25-38(49-40)43(30-13-7-3-8-14-30)36-23-21-34(47-36)42(29-11-5-2-6-12-29)35-22-24-37(48-35)44(31-15-9-4-10-16-31)39-26-28-41(45)50-39/h2-25,27,46-47,50-51H,26,28H2,1H3. The van der Waals surface area contributed by atoms with Gasteiger partial charge in [-0.15, -0.1) is 0 Å². The minimum atomic E-state index is 0.851. The minimum Gasteiger partial charge on any atom is -0.361 e. The van der Waals surface area contributed by atoms with Gasteiger partial charge in [0.15, 0.2) is 0 Å². The van der Waals surface area contributed by atoms with Crippen LogP contribution in [0.15, 0.2) is 127 Å². The summed E-state index contributed by atoms with van der Waals surface area (Å²) in [5.74, 6) is 0. The zero-order valence-electron chi connectivity index (χ0n) is 28.2. The molecule has 0 saturated heterocycles. The van der Waals surface area contributed by atoms with Crippen molar-refractivity contribution in [3.63, 3.8) is 0 Å². The molecule has 6 heteroatoms. The van der Waals surface area contributed by atoms with Crippen LogP contribution < -0.4 is 10.9 Å². The highest BCUT2D eigenvalue weighted by atomic mass is 15.3.